The molecule has 0 aliphatic carbocycles. The summed E-state index contributed by atoms with van der Waals surface area (Å²) in [5, 5.41) is 0.917. The van der Waals surface area contributed by atoms with E-state index in [0.717, 1.165) is 27.7 Å². The van der Waals surface area contributed by atoms with E-state index < -0.39 is 0 Å². The fourth-order valence-corrected chi connectivity index (χ4v) is 2.22. The molecular weight excluding hydrogens is 232 g/mol. The van der Waals surface area contributed by atoms with Gasteiger partial charge in [0, 0.05) is 29.3 Å². The van der Waals surface area contributed by atoms with Crippen molar-refractivity contribution in [1.29, 1.82) is 0 Å². The van der Waals surface area contributed by atoms with Crippen molar-refractivity contribution in [3.63, 3.8) is 0 Å². The van der Waals surface area contributed by atoms with E-state index in [1.165, 1.54) is 0 Å². The maximum Gasteiger partial charge on any atom is 0.131 e. The smallest absolute Gasteiger partial charge is 0.131 e. The Morgan fingerprint density at radius 2 is 1.94 bits per heavy atom. The zero-order chi connectivity index (χ0) is 12.3. The molecule has 0 aliphatic rings. The maximum atomic E-state index is 5.87. The van der Waals surface area contributed by atoms with Crippen molar-refractivity contribution in [2.24, 2.45) is 0 Å². The Balaban J connectivity index is 2.35. The molecule has 4 nitrogen and oxygen atoms in total. The molecule has 0 radical (unpaired) electrons. The molecule has 0 saturated carbocycles. The van der Waals surface area contributed by atoms with Crippen molar-refractivity contribution >= 4 is 17.6 Å². The molecule has 0 saturated heterocycles. The van der Waals surface area contributed by atoms with Crippen LogP contribution in [0.4, 0.5) is 5.82 Å². The lowest BCUT2D eigenvalue weighted by Gasteiger charge is -2.08. The van der Waals surface area contributed by atoms with Crippen LogP contribution in [0.3, 0.4) is 0 Å². The molecule has 5 heteroatoms. The molecule has 0 fully saturated rings. The molecule has 17 heavy (non-hydrogen) atoms. The Hall–Kier alpha value is -1.62. The van der Waals surface area contributed by atoms with Crippen molar-refractivity contribution < 1.29 is 0 Å². The summed E-state index contributed by atoms with van der Waals surface area (Å²) in [5.74, 6) is 1.35. The third kappa shape index (κ3) is 2.74. The summed E-state index contributed by atoms with van der Waals surface area (Å²) in [4.78, 5) is 13.8. The fraction of sp³-hybridized carbons (Fsp3) is 0.250. The van der Waals surface area contributed by atoms with Gasteiger partial charge in [0.1, 0.15) is 16.7 Å². The second kappa shape index (κ2) is 5.14. The maximum absolute atomic E-state index is 5.87. The van der Waals surface area contributed by atoms with Gasteiger partial charge >= 0.3 is 0 Å². The summed E-state index contributed by atoms with van der Waals surface area (Å²) in [6.45, 7) is 3.96. The molecule has 0 aliphatic heterocycles. The van der Waals surface area contributed by atoms with Gasteiger partial charge in [-0.25, -0.2) is 9.97 Å². The van der Waals surface area contributed by atoms with E-state index in [1.54, 1.807) is 24.2 Å². The van der Waals surface area contributed by atoms with Crippen LogP contribution in [0.2, 0.25) is 0 Å². The average molecular weight is 246 g/mol. The normalized spacial score (nSPS) is 10.5. The number of nitrogens with zero attached hydrogens (tertiary/aromatic N) is 3. The van der Waals surface area contributed by atoms with E-state index in [2.05, 4.69) is 15.0 Å². The number of aryl methyl sites for hydroxylation is 1. The molecule has 2 aromatic heterocycles. The Labute approximate surface area is 105 Å². The van der Waals surface area contributed by atoms with Gasteiger partial charge in [-0.1, -0.05) is 18.7 Å². The highest BCUT2D eigenvalue weighted by Crippen LogP contribution is 2.29. The van der Waals surface area contributed by atoms with Crippen molar-refractivity contribution in [3.8, 4) is 0 Å². The van der Waals surface area contributed by atoms with Crippen molar-refractivity contribution in [1.82, 2.24) is 15.0 Å². The molecule has 88 valence electrons. The van der Waals surface area contributed by atoms with Gasteiger partial charge in [0.25, 0.3) is 0 Å². The van der Waals surface area contributed by atoms with Gasteiger partial charge < -0.3 is 5.73 Å². The summed E-state index contributed by atoms with van der Waals surface area (Å²) in [7, 11) is 0. The third-order valence-electron chi connectivity index (χ3n) is 2.37. The molecule has 0 atom stereocenters. The monoisotopic (exact) mass is 246 g/mol. The standard InChI is InChI=1S/C12H14N4S/c1-3-10-15-11(13)8(2)12(16-10)17-9-4-6-14-7-5-9/h4-7H,3H2,1-2H3,(H2,13,15,16). The minimum absolute atomic E-state index is 0.563. The van der Waals surface area contributed by atoms with Gasteiger partial charge in [-0.05, 0) is 19.1 Å². The first kappa shape index (κ1) is 11.9. The highest BCUT2D eigenvalue weighted by molar-refractivity contribution is 7.99. The lowest BCUT2D eigenvalue weighted by atomic mass is 10.3. The second-order valence-corrected chi connectivity index (χ2v) is 4.66. The van der Waals surface area contributed by atoms with Gasteiger partial charge in [0.15, 0.2) is 0 Å². The SMILES string of the molecule is CCc1nc(N)c(C)c(Sc2ccncc2)n1. The van der Waals surface area contributed by atoms with Crippen molar-refractivity contribution in [2.75, 3.05) is 5.73 Å². The van der Waals surface area contributed by atoms with Crippen LogP contribution in [-0.4, -0.2) is 15.0 Å². The molecule has 0 spiro atoms. The Kier molecular flexibility index (Phi) is 3.58. The molecule has 2 aromatic rings. The van der Waals surface area contributed by atoms with Gasteiger partial charge in [-0.3, -0.25) is 4.98 Å². The largest absolute Gasteiger partial charge is 0.383 e. The average Bonchev–Trinajstić information content (AvgIpc) is 2.36. The number of rotatable bonds is 3. The topological polar surface area (TPSA) is 64.7 Å². The van der Waals surface area contributed by atoms with Gasteiger partial charge in [-0.15, -0.1) is 0 Å². The van der Waals surface area contributed by atoms with Crippen LogP contribution in [0.1, 0.15) is 18.3 Å². The first-order chi connectivity index (χ1) is 8.20. The zero-order valence-corrected chi connectivity index (χ0v) is 10.7. The summed E-state index contributed by atoms with van der Waals surface area (Å²) in [6, 6.07) is 3.90. The zero-order valence-electron chi connectivity index (χ0n) is 9.84. The van der Waals surface area contributed by atoms with Crippen LogP contribution in [0.15, 0.2) is 34.4 Å². The van der Waals surface area contributed by atoms with Gasteiger partial charge in [-0.2, -0.15) is 0 Å². The summed E-state index contributed by atoms with van der Waals surface area (Å²) in [5.41, 5.74) is 6.81. The number of anilines is 1. The number of aromatic nitrogens is 3. The fourth-order valence-electron chi connectivity index (χ4n) is 1.33. The van der Waals surface area contributed by atoms with Crippen LogP contribution in [0, 0.1) is 6.92 Å². The Morgan fingerprint density at radius 3 is 2.59 bits per heavy atom. The van der Waals surface area contributed by atoms with Crippen molar-refractivity contribution in [2.45, 2.75) is 30.2 Å². The van der Waals surface area contributed by atoms with E-state index in [-0.39, 0.29) is 0 Å². The predicted molar refractivity (Wildman–Crippen MR) is 68.9 cm³/mol. The summed E-state index contributed by atoms with van der Waals surface area (Å²) in [6.07, 6.45) is 4.32. The molecular formula is C12H14N4S. The molecule has 0 amide bonds. The predicted octanol–water partition coefficient (Wildman–Crippen LogP) is 2.48. The number of nitrogen functional groups attached to an aromatic ring is 1. The Bertz CT molecular complexity index is 513. The Morgan fingerprint density at radius 1 is 1.24 bits per heavy atom. The van der Waals surface area contributed by atoms with E-state index in [1.807, 2.05) is 26.0 Å². The first-order valence-electron chi connectivity index (χ1n) is 5.41. The quantitative estimate of drug-likeness (QED) is 0.843. The van der Waals surface area contributed by atoms with Crippen LogP contribution < -0.4 is 5.73 Å². The minimum atomic E-state index is 0.563. The number of nitrogens with two attached hydrogens (primary N) is 1. The second-order valence-electron chi connectivity index (χ2n) is 3.59. The lowest BCUT2D eigenvalue weighted by Crippen LogP contribution is -2.03. The van der Waals surface area contributed by atoms with E-state index in [4.69, 9.17) is 5.73 Å². The van der Waals surface area contributed by atoms with E-state index in [9.17, 15) is 0 Å². The first-order valence-corrected chi connectivity index (χ1v) is 6.23. The number of pyridine rings is 1. The van der Waals surface area contributed by atoms with Crippen molar-refractivity contribution in [3.05, 3.63) is 35.9 Å². The summed E-state index contributed by atoms with van der Waals surface area (Å²) < 4.78 is 0. The van der Waals surface area contributed by atoms with Crippen LogP contribution in [0.5, 0.6) is 0 Å². The molecule has 2 rings (SSSR count). The summed E-state index contributed by atoms with van der Waals surface area (Å²) >= 11 is 1.59. The highest BCUT2D eigenvalue weighted by atomic mass is 32.2. The van der Waals surface area contributed by atoms with Crippen LogP contribution in [0.25, 0.3) is 0 Å². The lowest BCUT2D eigenvalue weighted by molar-refractivity contribution is 0.878. The molecule has 0 bridgehead atoms. The number of hydrogen-bond acceptors (Lipinski definition) is 5. The minimum Gasteiger partial charge on any atom is -0.383 e. The van der Waals surface area contributed by atoms with Crippen LogP contribution >= 0.6 is 11.8 Å². The van der Waals surface area contributed by atoms with Gasteiger partial charge in [0.2, 0.25) is 0 Å². The molecule has 0 aromatic carbocycles. The molecule has 2 heterocycles. The van der Waals surface area contributed by atoms with Crippen LogP contribution in [-0.2, 0) is 6.42 Å². The van der Waals surface area contributed by atoms with E-state index in [0.29, 0.717) is 5.82 Å². The third-order valence-corrected chi connectivity index (χ3v) is 3.46. The molecule has 0 unspecified atom stereocenters. The highest BCUT2D eigenvalue weighted by Gasteiger charge is 2.09. The number of hydrogen-bond donors (Lipinski definition) is 1. The van der Waals surface area contributed by atoms with Gasteiger partial charge in [0.05, 0.1) is 0 Å². The molecule has 2 N–H and O–H groups in total. The van der Waals surface area contributed by atoms with E-state index >= 15 is 0 Å².